The molecule has 6 heteroatoms. The molecule has 0 aliphatic rings. The lowest BCUT2D eigenvalue weighted by Crippen LogP contribution is -2.14. The van der Waals surface area contributed by atoms with E-state index < -0.39 is 5.91 Å². The van der Waals surface area contributed by atoms with E-state index in [-0.39, 0.29) is 0 Å². The van der Waals surface area contributed by atoms with Crippen LogP contribution in [0.4, 0.5) is 0 Å². The van der Waals surface area contributed by atoms with E-state index in [4.69, 9.17) is 19.9 Å². The maximum atomic E-state index is 12.8. The molecule has 0 aliphatic heterocycles. The zero-order valence-electron chi connectivity index (χ0n) is 22.6. The molecule has 1 heterocycles. The van der Waals surface area contributed by atoms with Crippen molar-refractivity contribution >= 4 is 5.91 Å². The first kappa shape index (κ1) is 26.9. The summed E-state index contributed by atoms with van der Waals surface area (Å²) in [6.07, 6.45) is 3.66. The normalized spacial score (nSPS) is 10.8. The average molecular weight is 513 g/mol. The molecule has 0 atom stereocenters. The van der Waals surface area contributed by atoms with Crippen LogP contribution in [0.5, 0.6) is 23.0 Å². The number of benzene rings is 3. The van der Waals surface area contributed by atoms with Gasteiger partial charge in [0, 0.05) is 23.5 Å². The lowest BCUT2D eigenvalue weighted by molar-refractivity contribution is 0.1000. The van der Waals surface area contributed by atoms with Crippen molar-refractivity contribution in [3.8, 4) is 34.1 Å². The maximum absolute atomic E-state index is 12.8. The first-order chi connectivity index (χ1) is 18.5. The number of para-hydroxylation sites is 1. The van der Waals surface area contributed by atoms with Crippen LogP contribution in [-0.2, 0) is 19.4 Å². The third-order valence-electron chi connectivity index (χ3n) is 6.82. The molecule has 1 amide bonds. The molecule has 4 aromatic rings. The van der Waals surface area contributed by atoms with Gasteiger partial charge in [-0.3, -0.25) is 4.79 Å². The molecule has 0 radical (unpaired) electrons. The summed E-state index contributed by atoms with van der Waals surface area (Å²) < 4.78 is 19.2. The van der Waals surface area contributed by atoms with Crippen molar-refractivity contribution in [1.82, 2.24) is 4.57 Å². The van der Waals surface area contributed by atoms with Crippen molar-refractivity contribution in [2.45, 2.75) is 46.1 Å². The third kappa shape index (κ3) is 5.86. The van der Waals surface area contributed by atoms with Gasteiger partial charge in [-0.1, -0.05) is 49.7 Å². The summed E-state index contributed by atoms with van der Waals surface area (Å²) in [5.74, 6) is 2.45. The molecular formula is C32H36N2O4. The number of nitrogens with zero attached hydrogens (tertiary/aromatic N) is 1. The summed E-state index contributed by atoms with van der Waals surface area (Å²) in [6, 6.07) is 23.5. The largest absolute Gasteiger partial charge is 0.493 e. The lowest BCUT2D eigenvalue weighted by atomic mass is 9.97. The second-order valence-corrected chi connectivity index (χ2v) is 9.28. The Labute approximate surface area is 225 Å². The fourth-order valence-electron chi connectivity index (χ4n) is 4.93. The number of rotatable bonds is 12. The highest BCUT2D eigenvalue weighted by atomic mass is 16.5. The Morgan fingerprint density at radius 1 is 0.868 bits per heavy atom. The van der Waals surface area contributed by atoms with Crippen molar-refractivity contribution in [2.75, 3.05) is 14.2 Å². The van der Waals surface area contributed by atoms with Crippen LogP contribution >= 0.6 is 0 Å². The molecule has 198 valence electrons. The molecule has 0 bridgehead atoms. The zero-order chi connectivity index (χ0) is 27.1. The predicted octanol–water partition coefficient (Wildman–Crippen LogP) is 6.96. The first-order valence-corrected chi connectivity index (χ1v) is 13.0. The molecule has 0 unspecified atom stereocenters. The van der Waals surface area contributed by atoms with Gasteiger partial charge >= 0.3 is 0 Å². The molecular weight excluding hydrogens is 476 g/mol. The summed E-state index contributed by atoms with van der Waals surface area (Å²) in [5.41, 5.74) is 11.5. The summed E-state index contributed by atoms with van der Waals surface area (Å²) in [6.45, 7) is 4.87. The van der Waals surface area contributed by atoms with E-state index in [1.54, 1.807) is 14.2 Å². The Morgan fingerprint density at radius 2 is 1.61 bits per heavy atom. The van der Waals surface area contributed by atoms with Gasteiger partial charge in [0.05, 0.1) is 19.8 Å². The number of nitrogens with two attached hydrogens (primary N) is 1. The van der Waals surface area contributed by atoms with Gasteiger partial charge in [-0.25, -0.2) is 0 Å². The SMILES string of the molecule is CCCCc1c(-c2cccc(Oc3ccccc3)c2)c(C(N)=O)c(C)n1CCc1ccc(OC)c(OC)c1. The second-order valence-electron chi connectivity index (χ2n) is 9.28. The zero-order valence-corrected chi connectivity index (χ0v) is 22.6. The molecule has 6 nitrogen and oxygen atoms in total. The summed E-state index contributed by atoms with van der Waals surface area (Å²) in [7, 11) is 3.27. The monoisotopic (exact) mass is 512 g/mol. The van der Waals surface area contributed by atoms with Gasteiger partial charge in [-0.15, -0.1) is 0 Å². The van der Waals surface area contributed by atoms with Crippen LogP contribution in [0.2, 0.25) is 0 Å². The fourth-order valence-corrected chi connectivity index (χ4v) is 4.93. The van der Waals surface area contributed by atoms with Crippen LogP contribution < -0.4 is 19.9 Å². The summed E-state index contributed by atoms with van der Waals surface area (Å²) in [4.78, 5) is 12.8. The van der Waals surface area contributed by atoms with Crippen LogP contribution in [-0.4, -0.2) is 24.7 Å². The summed E-state index contributed by atoms with van der Waals surface area (Å²) in [5, 5.41) is 0. The number of carbonyl (C=O) groups excluding carboxylic acids is 1. The highest BCUT2D eigenvalue weighted by Crippen LogP contribution is 2.37. The van der Waals surface area contributed by atoms with Crippen molar-refractivity contribution in [2.24, 2.45) is 5.73 Å². The molecule has 4 rings (SSSR count). The van der Waals surface area contributed by atoms with Gasteiger partial charge in [-0.2, -0.15) is 0 Å². The minimum absolute atomic E-state index is 0.422. The van der Waals surface area contributed by atoms with Crippen LogP contribution in [0.25, 0.3) is 11.1 Å². The smallest absolute Gasteiger partial charge is 0.251 e. The number of primary amides is 1. The van der Waals surface area contributed by atoms with E-state index in [2.05, 4.69) is 11.5 Å². The van der Waals surface area contributed by atoms with Crippen molar-refractivity contribution < 1.29 is 19.0 Å². The number of hydrogen-bond donors (Lipinski definition) is 1. The molecule has 38 heavy (non-hydrogen) atoms. The molecule has 3 aromatic carbocycles. The van der Waals surface area contributed by atoms with Gasteiger partial charge in [-0.05, 0) is 73.7 Å². The fraction of sp³-hybridized carbons (Fsp3) is 0.281. The van der Waals surface area contributed by atoms with Gasteiger partial charge in [0.2, 0.25) is 0 Å². The van der Waals surface area contributed by atoms with E-state index in [1.165, 1.54) is 0 Å². The minimum Gasteiger partial charge on any atom is -0.493 e. The second kappa shape index (κ2) is 12.4. The van der Waals surface area contributed by atoms with Gasteiger partial charge < -0.3 is 24.5 Å². The van der Waals surface area contributed by atoms with Gasteiger partial charge in [0.15, 0.2) is 11.5 Å². The Hall–Kier alpha value is -4.19. The Kier molecular flexibility index (Phi) is 8.74. The number of hydrogen-bond acceptors (Lipinski definition) is 4. The van der Waals surface area contributed by atoms with Crippen LogP contribution in [0.3, 0.4) is 0 Å². The van der Waals surface area contributed by atoms with Crippen molar-refractivity contribution in [3.63, 3.8) is 0 Å². The Bertz CT molecular complexity index is 1390. The number of aryl methyl sites for hydroxylation is 1. The average Bonchev–Trinajstić information content (AvgIpc) is 3.22. The van der Waals surface area contributed by atoms with Crippen molar-refractivity contribution in [1.29, 1.82) is 0 Å². The number of methoxy groups -OCH3 is 2. The minimum atomic E-state index is -0.422. The Morgan fingerprint density at radius 3 is 2.29 bits per heavy atom. The van der Waals surface area contributed by atoms with E-state index in [0.717, 1.165) is 59.5 Å². The third-order valence-corrected chi connectivity index (χ3v) is 6.82. The number of amides is 1. The van der Waals surface area contributed by atoms with E-state index >= 15 is 0 Å². The topological polar surface area (TPSA) is 75.7 Å². The molecule has 0 saturated heterocycles. The van der Waals surface area contributed by atoms with Crippen LogP contribution in [0.15, 0.2) is 72.8 Å². The number of unbranched alkanes of at least 4 members (excludes halogenated alkanes) is 1. The molecule has 0 spiro atoms. The molecule has 0 aliphatic carbocycles. The molecule has 0 saturated carbocycles. The van der Waals surface area contributed by atoms with E-state index in [1.807, 2.05) is 79.7 Å². The lowest BCUT2D eigenvalue weighted by Gasteiger charge is -2.15. The highest BCUT2D eigenvalue weighted by Gasteiger charge is 2.25. The molecule has 2 N–H and O–H groups in total. The molecule has 0 fully saturated rings. The van der Waals surface area contributed by atoms with Crippen molar-refractivity contribution in [3.05, 3.63) is 95.3 Å². The number of carbonyl (C=O) groups is 1. The van der Waals surface area contributed by atoms with Gasteiger partial charge in [0.1, 0.15) is 11.5 Å². The van der Waals surface area contributed by atoms with E-state index in [9.17, 15) is 4.79 Å². The first-order valence-electron chi connectivity index (χ1n) is 13.0. The predicted molar refractivity (Wildman–Crippen MR) is 152 cm³/mol. The number of aromatic nitrogens is 1. The van der Waals surface area contributed by atoms with Crippen LogP contribution in [0.1, 0.15) is 47.1 Å². The Balaban J connectivity index is 1.75. The quantitative estimate of drug-likeness (QED) is 0.223. The standard InChI is InChI=1S/C32H36N2O4/c1-5-6-15-27-31(24-11-10-14-26(21-24)38-25-12-8-7-9-13-25)30(32(33)35)22(2)34(27)19-18-23-16-17-28(36-3)29(20-23)37-4/h7-14,16-17,20-21H,5-6,15,18-19H2,1-4H3,(H2,33,35). The highest BCUT2D eigenvalue weighted by molar-refractivity contribution is 6.02. The van der Waals surface area contributed by atoms with Crippen LogP contribution in [0, 0.1) is 6.92 Å². The van der Waals surface area contributed by atoms with E-state index in [0.29, 0.717) is 29.4 Å². The number of ether oxygens (including phenoxy) is 3. The van der Waals surface area contributed by atoms with Gasteiger partial charge in [0.25, 0.3) is 5.91 Å². The molecule has 1 aromatic heterocycles. The maximum Gasteiger partial charge on any atom is 0.251 e. The summed E-state index contributed by atoms with van der Waals surface area (Å²) >= 11 is 0.